The van der Waals surface area contributed by atoms with E-state index in [2.05, 4.69) is 20.3 Å². The van der Waals surface area contributed by atoms with Crippen molar-refractivity contribution in [3.8, 4) is 0 Å². The van der Waals surface area contributed by atoms with Crippen LogP contribution in [0.25, 0.3) is 0 Å². The molecule has 0 radical (unpaired) electrons. The number of carbonyl (C=O) groups excluding carboxylic acids is 3. The summed E-state index contributed by atoms with van der Waals surface area (Å²) in [6, 6.07) is 13.1. The Morgan fingerprint density at radius 3 is 2.66 bits per heavy atom. The smallest absolute Gasteiger partial charge is 0.331 e. The maximum atomic E-state index is 12.6. The first-order valence-electron chi connectivity index (χ1n) is 11.9. The lowest BCUT2D eigenvalue weighted by Gasteiger charge is -2.26. The molecule has 0 atom stereocenters. The number of nitrogens with one attached hydrogen (secondary N) is 2. The van der Waals surface area contributed by atoms with Gasteiger partial charge in [0.2, 0.25) is 0 Å². The van der Waals surface area contributed by atoms with E-state index >= 15 is 0 Å². The van der Waals surface area contributed by atoms with Gasteiger partial charge in [0.15, 0.2) is 0 Å². The summed E-state index contributed by atoms with van der Waals surface area (Å²) in [4.78, 5) is 45.0. The van der Waals surface area contributed by atoms with Crippen molar-refractivity contribution in [3.63, 3.8) is 0 Å². The van der Waals surface area contributed by atoms with Gasteiger partial charge in [-0.3, -0.25) is 9.59 Å². The van der Waals surface area contributed by atoms with Crippen LogP contribution in [0.5, 0.6) is 0 Å². The fourth-order valence-electron chi connectivity index (χ4n) is 3.48. The van der Waals surface area contributed by atoms with E-state index in [0.717, 1.165) is 49.3 Å². The van der Waals surface area contributed by atoms with E-state index in [-0.39, 0.29) is 18.3 Å². The minimum atomic E-state index is -1.15. The quantitative estimate of drug-likeness (QED) is 0.118. The monoisotopic (exact) mass is 543 g/mol. The van der Waals surface area contributed by atoms with Gasteiger partial charge in [0.1, 0.15) is 6.26 Å². The van der Waals surface area contributed by atoms with Crippen LogP contribution in [0.2, 0.25) is 5.02 Å². The van der Waals surface area contributed by atoms with Crippen LogP contribution in [-0.4, -0.2) is 55.7 Å². The number of carbonyl (C=O) groups is 4. The van der Waals surface area contributed by atoms with Crippen molar-refractivity contribution in [3.05, 3.63) is 77.5 Å². The topological polar surface area (TPSA) is 134 Å². The number of para-hydroxylation sites is 1. The van der Waals surface area contributed by atoms with Crippen LogP contribution >= 0.6 is 11.6 Å². The number of amides is 1. The minimum absolute atomic E-state index is 0.119. The number of anilines is 3. The third-order valence-electron chi connectivity index (χ3n) is 5.07. The third kappa shape index (κ3) is 10.1. The summed E-state index contributed by atoms with van der Waals surface area (Å²) >= 11 is 6.24. The molecule has 1 aliphatic rings. The molecule has 202 valence electrons. The van der Waals surface area contributed by atoms with Crippen LogP contribution in [0, 0.1) is 0 Å². The lowest BCUT2D eigenvalue weighted by atomic mass is 10.1. The molecule has 1 heterocycles. The van der Waals surface area contributed by atoms with Crippen molar-refractivity contribution in [1.29, 1.82) is 0 Å². The molecule has 10 nitrogen and oxygen atoms in total. The molecule has 11 heteroatoms. The van der Waals surface area contributed by atoms with Crippen molar-refractivity contribution >= 4 is 53.0 Å². The van der Waals surface area contributed by atoms with E-state index in [0.29, 0.717) is 29.8 Å². The molecule has 0 saturated heterocycles. The van der Waals surface area contributed by atoms with Crippen LogP contribution in [0.15, 0.2) is 67.0 Å². The molecule has 1 aliphatic heterocycles. The summed E-state index contributed by atoms with van der Waals surface area (Å²) in [5.74, 6) is -1.59. The van der Waals surface area contributed by atoms with Crippen LogP contribution in [0.1, 0.15) is 30.1 Å². The molecule has 3 N–H and O–H groups in total. The summed E-state index contributed by atoms with van der Waals surface area (Å²) in [6.07, 6.45) is 6.57. The molecular formula is C27H30ClN3O7. The van der Waals surface area contributed by atoms with Crippen LogP contribution in [-0.2, 0) is 23.9 Å². The number of halogens is 1. The molecule has 3 rings (SSSR count). The number of fused-ring (bicyclic) bond motifs is 2. The molecule has 38 heavy (non-hydrogen) atoms. The van der Waals surface area contributed by atoms with Crippen molar-refractivity contribution in [2.45, 2.75) is 19.8 Å². The number of carboxylic acid groups (broad SMARTS) is 1. The lowest BCUT2D eigenvalue weighted by Crippen LogP contribution is -2.21. The van der Waals surface area contributed by atoms with Crippen molar-refractivity contribution < 1.29 is 33.8 Å². The molecule has 2 aromatic rings. The zero-order chi connectivity index (χ0) is 27.8. The normalized spacial score (nSPS) is 12.1. The predicted molar refractivity (Wildman–Crippen MR) is 145 cm³/mol. The van der Waals surface area contributed by atoms with Gasteiger partial charge in [-0.2, -0.15) is 0 Å². The Morgan fingerprint density at radius 1 is 1.13 bits per heavy atom. The largest absolute Gasteiger partial charge is 0.478 e. The number of nitrogens with zero attached hydrogens (tertiary/aromatic N) is 1. The summed E-state index contributed by atoms with van der Waals surface area (Å²) in [5.41, 5.74) is 3.17. The Bertz CT molecular complexity index is 1170. The zero-order valence-electron chi connectivity index (χ0n) is 20.9. The molecule has 0 saturated carbocycles. The van der Waals surface area contributed by atoms with E-state index in [1.165, 1.54) is 6.08 Å². The Hall–Kier alpha value is -4.15. The Balaban J connectivity index is 0.000000550. The van der Waals surface area contributed by atoms with Gasteiger partial charge in [-0.15, -0.1) is 0 Å². The Morgan fingerprint density at radius 2 is 1.92 bits per heavy atom. The third-order valence-corrected chi connectivity index (χ3v) is 5.31. The first-order valence-corrected chi connectivity index (χ1v) is 12.2. The number of rotatable bonds is 12. The number of hydrogen-bond acceptors (Lipinski definition) is 8. The highest BCUT2D eigenvalue weighted by Crippen LogP contribution is 2.39. The van der Waals surface area contributed by atoms with Crippen molar-refractivity contribution in [2.75, 3.05) is 36.5 Å². The number of hydrogen-bond donors (Lipinski definition) is 3. The van der Waals surface area contributed by atoms with Gasteiger partial charge in [0, 0.05) is 24.2 Å². The van der Waals surface area contributed by atoms with E-state index < -0.39 is 5.97 Å². The molecule has 0 bridgehead atoms. The van der Waals surface area contributed by atoms with Crippen LogP contribution in [0.3, 0.4) is 0 Å². The molecule has 1 amide bonds. The number of carboxylic acids is 1. The second-order valence-electron chi connectivity index (χ2n) is 7.72. The lowest BCUT2D eigenvalue weighted by molar-refractivity contribution is -0.137. The average molecular weight is 544 g/mol. The Kier molecular flexibility index (Phi) is 13.1. The highest BCUT2D eigenvalue weighted by molar-refractivity contribution is 6.31. The van der Waals surface area contributed by atoms with Gasteiger partial charge in [0.25, 0.3) is 12.4 Å². The summed E-state index contributed by atoms with van der Waals surface area (Å²) in [6.45, 7) is 4.49. The number of aliphatic carboxylic acids is 1. The fraction of sp³-hybridized carbons (Fsp3) is 0.259. The molecule has 0 spiro atoms. The highest BCUT2D eigenvalue weighted by atomic mass is 35.5. The van der Waals surface area contributed by atoms with E-state index in [4.69, 9.17) is 21.4 Å². The second kappa shape index (κ2) is 16.6. The van der Waals surface area contributed by atoms with E-state index in [1.54, 1.807) is 19.1 Å². The highest BCUT2D eigenvalue weighted by Gasteiger charge is 2.24. The van der Waals surface area contributed by atoms with Gasteiger partial charge >= 0.3 is 11.9 Å². The van der Waals surface area contributed by atoms with E-state index in [1.807, 2.05) is 36.4 Å². The molecule has 0 aromatic heterocycles. The summed E-state index contributed by atoms with van der Waals surface area (Å²) in [5, 5.41) is 14.8. The molecule has 0 unspecified atom stereocenters. The fourth-order valence-corrected chi connectivity index (χ4v) is 3.64. The van der Waals surface area contributed by atoms with Crippen LogP contribution in [0.4, 0.5) is 17.1 Å². The maximum absolute atomic E-state index is 12.6. The van der Waals surface area contributed by atoms with Crippen LogP contribution < -0.4 is 15.5 Å². The first kappa shape index (κ1) is 30.1. The summed E-state index contributed by atoms with van der Waals surface area (Å²) < 4.78 is 8.74. The molecule has 2 aromatic carbocycles. The number of ether oxygens (including phenoxy) is 2. The second-order valence-corrected chi connectivity index (χ2v) is 8.16. The van der Waals surface area contributed by atoms with E-state index in [9.17, 15) is 19.2 Å². The minimum Gasteiger partial charge on any atom is -0.478 e. The van der Waals surface area contributed by atoms with Gasteiger partial charge in [-0.25, -0.2) is 9.59 Å². The average Bonchev–Trinajstić information content (AvgIpc) is 3.00. The van der Waals surface area contributed by atoms with Gasteiger partial charge in [-0.05, 0) is 56.6 Å². The Labute approximate surface area is 225 Å². The first-order chi connectivity index (χ1) is 18.4. The predicted octanol–water partition coefficient (Wildman–Crippen LogP) is 4.29. The van der Waals surface area contributed by atoms with Crippen molar-refractivity contribution in [2.24, 2.45) is 0 Å². The number of unbranched alkanes of at least 4 members (excludes halogenated alkanes) is 1. The molecular weight excluding hydrogens is 514 g/mol. The SMILES string of the molecule is CCOC(=O)/C=C/CNCCCCN1c2cc(Cl)ccc2NC(=O)c2ccccc21.O=CO/C=C\C(=O)O. The zero-order valence-corrected chi connectivity index (χ0v) is 21.6. The molecule has 0 fully saturated rings. The maximum Gasteiger partial charge on any atom is 0.331 e. The van der Waals surface area contributed by atoms with Crippen molar-refractivity contribution in [1.82, 2.24) is 5.32 Å². The molecule has 0 aliphatic carbocycles. The standard InChI is InChI=1S/C23H26ClN3O3.C4H4O4/c1-2-30-22(28)10-7-14-25-13-5-6-15-27-20-9-4-3-8-18(20)23(29)26-19-12-11-17(24)16-21(19)27;5-3-8-2-1-4(6)7/h3-4,7-12,16,25H,2,5-6,13-15H2,1H3,(H,26,29);1-3H,(H,6,7)/b10-7+;2-1-. The van der Waals surface area contributed by atoms with Gasteiger partial charge in [0.05, 0.1) is 35.3 Å². The van der Waals surface area contributed by atoms with Gasteiger partial charge in [-0.1, -0.05) is 29.8 Å². The summed E-state index contributed by atoms with van der Waals surface area (Å²) in [7, 11) is 0. The number of esters is 1. The number of benzene rings is 2. The van der Waals surface area contributed by atoms with Gasteiger partial charge < -0.3 is 30.1 Å².